The van der Waals surface area contributed by atoms with Crippen LogP contribution >= 0.6 is 11.3 Å². The highest BCUT2D eigenvalue weighted by atomic mass is 32.1. The number of hydrogen-bond acceptors (Lipinski definition) is 6. The van der Waals surface area contributed by atoms with Gasteiger partial charge in [0, 0.05) is 50.2 Å². The van der Waals surface area contributed by atoms with Gasteiger partial charge in [0.2, 0.25) is 5.13 Å². The maximum atomic E-state index is 12.7. The molecular formula is C23H28N6OS. The fourth-order valence-electron chi connectivity index (χ4n) is 4.62. The summed E-state index contributed by atoms with van der Waals surface area (Å²) < 4.78 is 0. The number of pyridine rings is 1. The van der Waals surface area contributed by atoms with E-state index >= 15 is 0 Å². The molecular weight excluding hydrogens is 408 g/mol. The normalized spacial score (nSPS) is 18.4. The second-order valence-corrected chi connectivity index (χ2v) is 9.48. The minimum absolute atomic E-state index is 0.0715. The number of carbonyl (C=O) groups is 1. The van der Waals surface area contributed by atoms with E-state index in [1.54, 1.807) is 0 Å². The molecule has 3 heterocycles. The summed E-state index contributed by atoms with van der Waals surface area (Å²) in [5.74, 6) is 0.518. The molecule has 8 heteroatoms. The van der Waals surface area contributed by atoms with E-state index in [2.05, 4.69) is 49.7 Å². The average molecular weight is 437 g/mol. The predicted octanol–water partition coefficient (Wildman–Crippen LogP) is 4.48. The lowest BCUT2D eigenvalue weighted by Crippen LogP contribution is -2.49. The molecule has 2 fully saturated rings. The third-order valence-electron chi connectivity index (χ3n) is 6.38. The topological polar surface area (TPSA) is 74.2 Å². The molecule has 0 bridgehead atoms. The van der Waals surface area contributed by atoms with Crippen molar-refractivity contribution in [2.45, 2.75) is 44.6 Å². The van der Waals surface area contributed by atoms with Gasteiger partial charge in [-0.1, -0.05) is 54.9 Å². The van der Waals surface area contributed by atoms with Gasteiger partial charge in [0.05, 0.1) is 5.52 Å². The van der Waals surface area contributed by atoms with Crippen molar-refractivity contribution in [1.29, 1.82) is 0 Å². The van der Waals surface area contributed by atoms with E-state index in [9.17, 15) is 4.79 Å². The number of hydrogen-bond donors (Lipinski definition) is 1. The van der Waals surface area contributed by atoms with Crippen LogP contribution in [0.2, 0.25) is 0 Å². The summed E-state index contributed by atoms with van der Waals surface area (Å²) in [6, 6.07) is 10.3. The van der Waals surface area contributed by atoms with Crippen LogP contribution in [-0.4, -0.2) is 57.2 Å². The Bertz CT molecular complexity index is 1030. The third-order valence-corrected chi connectivity index (χ3v) is 7.38. The molecule has 3 aromatic rings. The van der Waals surface area contributed by atoms with Gasteiger partial charge >= 0.3 is 6.03 Å². The van der Waals surface area contributed by atoms with Crippen LogP contribution in [0.4, 0.5) is 9.93 Å². The van der Waals surface area contributed by atoms with E-state index in [1.165, 1.54) is 54.4 Å². The lowest BCUT2D eigenvalue weighted by molar-refractivity contribution is 0.143. The average Bonchev–Trinajstić information content (AvgIpc) is 3.29. The van der Waals surface area contributed by atoms with Crippen molar-refractivity contribution in [3.63, 3.8) is 0 Å². The van der Waals surface area contributed by atoms with Gasteiger partial charge in [0.25, 0.3) is 0 Å². The number of urea groups is 1. The fourth-order valence-corrected chi connectivity index (χ4v) is 5.52. The summed E-state index contributed by atoms with van der Waals surface area (Å²) in [6.07, 6.45) is 8.09. The van der Waals surface area contributed by atoms with Crippen molar-refractivity contribution in [2.75, 3.05) is 31.5 Å². The molecule has 5 rings (SSSR count). The summed E-state index contributed by atoms with van der Waals surface area (Å²) in [5.41, 5.74) is 2.30. The predicted molar refractivity (Wildman–Crippen MR) is 123 cm³/mol. The van der Waals surface area contributed by atoms with E-state index in [-0.39, 0.29) is 6.03 Å². The van der Waals surface area contributed by atoms with Crippen LogP contribution in [0.1, 0.15) is 48.6 Å². The first-order valence-electron chi connectivity index (χ1n) is 11.2. The van der Waals surface area contributed by atoms with Crippen LogP contribution in [0, 0.1) is 0 Å². The van der Waals surface area contributed by atoms with Gasteiger partial charge in [-0.15, -0.1) is 10.2 Å². The van der Waals surface area contributed by atoms with Gasteiger partial charge in [-0.05, 0) is 24.5 Å². The molecule has 2 aromatic heterocycles. The van der Waals surface area contributed by atoms with E-state index in [1.807, 2.05) is 17.2 Å². The number of fused-ring (bicyclic) bond motifs is 1. The van der Waals surface area contributed by atoms with E-state index in [0.717, 1.165) is 30.2 Å². The van der Waals surface area contributed by atoms with Crippen LogP contribution in [0.3, 0.4) is 0 Å². The van der Waals surface area contributed by atoms with E-state index in [0.29, 0.717) is 24.1 Å². The molecule has 1 saturated carbocycles. The molecule has 1 aromatic carbocycles. The van der Waals surface area contributed by atoms with E-state index < -0.39 is 0 Å². The number of carbonyl (C=O) groups excluding carboxylic acids is 1. The standard InChI is InChI=1S/C23H28N6OS/c30-23(25-22-27-26-21(31-22)18-6-2-1-3-7-18)29-14-12-28(13-15-29)16-19-9-4-8-17-10-5-11-24-20(17)19/h4-5,8-11,18H,1-3,6-7,12-16H2,(H,25,27,30). The number of amides is 2. The number of aromatic nitrogens is 3. The molecule has 1 N–H and O–H groups in total. The van der Waals surface area contributed by atoms with Crippen LogP contribution in [0.15, 0.2) is 36.5 Å². The Hall–Kier alpha value is -2.58. The number of rotatable bonds is 4. The first kappa shape index (κ1) is 20.3. The molecule has 1 aliphatic carbocycles. The molecule has 31 heavy (non-hydrogen) atoms. The minimum atomic E-state index is -0.0715. The molecule has 2 amide bonds. The largest absolute Gasteiger partial charge is 0.323 e. The Labute approximate surface area is 186 Å². The summed E-state index contributed by atoms with van der Waals surface area (Å²) in [6.45, 7) is 3.96. The molecule has 7 nitrogen and oxygen atoms in total. The van der Waals surface area contributed by atoms with Crippen LogP contribution in [0.5, 0.6) is 0 Å². The highest BCUT2D eigenvalue weighted by molar-refractivity contribution is 7.15. The van der Waals surface area contributed by atoms with Gasteiger partial charge < -0.3 is 4.90 Å². The zero-order valence-corrected chi connectivity index (χ0v) is 18.5. The second-order valence-electron chi connectivity index (χ2n) is 8.47. The molecule has 0 radical (unpaired) electrons. The lowest BCUT2D eigenvalue weighted by atomic mass is 9.90. The second kappa shape index (κ2) is 9.28. The number of piperazine rings is 1. The summed E-state index contributed by atoms with van der Waals surface area (Å²) in [4.78, 5) is 21.5. The molecule has 0 atom stereocenters. The number of benzene rings is 1. The smallest absolute Gasteiger partial charge is 0.322 e. The van der Waals surface area contributed by atoms with Crippen molar-refractivity contribution in [2.24, 2.45) is 0 Å². The molecule has 1 saturated heterocycles. The molecule has 1 aliphatic heterocycles. The van der Waals surface area contributed by atoms with Gasteiger partial charge in [0.15, 0.2) is 0 Å². The first-order valence-corrected chi connectivity index (χ1v) is 12.0. The molecule has 2 aliphatic rings. The highest BCUT2D eigenvalue weighted by Crippen LogP contribution is 2.35. The van der Waals surface area contributed by atoms with E-state index in [4.69, 9.17) is 0 Å². The van der Waals surface area contributed by atoms with Crippen molar-refractivity contribution in [1.82, 2.24) is 25.0 Å². The van der Waals surface area contributed by atoms with Crippen molar-refractivity contribution in [3.05, 3.63) is 47.1 Å². The molecule has 162 valence electrons. The van der Waals surface area contributed by atoms with Crippen LogP contribution in [0.25, 0.3) is 10.9 Å². The molecule has 0 spiro atoms. The zero-order valence-electron chi connectivity index (χ0n) is 17.7. The number of nitrogens with zero attached hydrogens (tertiary/aromatic N) is 5. The summed E-state index contributed by atoms with van der Waals surface area (Å²) in [7, 11) is 0. The quantitative estimate of drug-likeness (QED) is 0.653. The van der Waals surface area contributed by atoms with Crippen molar-refractivity contribution >= 4 is 33.4 Å². The Morgan fingerprint density at radius 1 is 1.03 bits per heavy atom. The highest BCUT2D eigenvalue weighted by Gasteiger charge is 2.24. The summed E-state index contributed by atoms with van der Waals surface area (Å²) in [5, 5.41) is 14.4. The summed E-state index contributed by atoms with van der Waals surface area (Å²) >= 11 is 1.54. The van der Waals surface area contributed by atoms with Crippen molar-refractivity contribution < 1.29 is 4.79 Å². The van der Waals surface area contributed by atoms with Gasteiger partial charge in [-0.2, -0.15) is 0 Å². The Balaban J connectivity index is 1.14. The Kier molecular flexibility index (Phi) is 6.08. The maximum Gasteiger partial charge on any atom is 0.323 e. The lowest BCUT2D eigenvalue weighted by Gasteiger charge is -2.34. The van der Waals surface area contributed by atoms with Gasteiger partial charge in [-0.3, -0.25) is 15.2 Å². The van der Waals surface area contributed by atoms with Crippen LogP contribution in [-0.2, 0) is 6.54 Å². The minimum Gasteiger partial charge on any atom is -0.322 e. The SMILES string of the molecule is O=C(Nc1nnc(C2CCCCC2)s1)N1CCN(Cc2cccc3cccnc23)CC1. The monoisotopic (exact) mass is 436 g/mol. The Morgan fingerprint density at radius 3 is 2.68 bits per heavy atom. The van der Waals surface area contributed by atoms with Gasteiger partial charge in [0.1, 0.15) is 5.01 Å². The molecule has 0 unspecified atom stereocenters. The van der Waals surface area contributed by atoms with Crippen molar-refractivity contribution in [3.8, 4) is 0 Å². The fraction of sp³-hybridized carbons (Fsp3) is 0.478. The third kappa shape index (κ3) is 4.70. The maximum absolute atomic E-state index is 12.7. The first-order chi connectivity index (χ1) is 15.3. The van der Waals surface area contributed by atoms with Crippen LogP contribution < -0.4 is 5.32 Å². The number of nitrogens with one attached hydrogen (secondary N) is 1. The zero-order chi connectivity index (χ0) is 21.0. The number of anilines is 1. The Morgan fingerprint density at radius 2 is 1.84 bits per heavy atom. The number of para-hydroxylation sites is 1. The van der Waals surface area contributed by atoms with Gasteiger partial charge in [-0.25, -0.2) is 4.79 Å².